The van der Waals surface area contributed by atoms with Gasteiger partial charge in [-0.15, -0.1) is 0 Å². The maximum Gasteiger partial charge on any atom is 0.190 e. The van der Waals surface area contributed by atoms with Crippen LogP contribution in [0.1, 0.15) is 0 Å². The summed E-state index contributed by atoms with van der Waals surface area (Å²) in [6.07, 6.45) is -60.0. The summed E-state index contributed by atoms with van der Waals surface area (Å²) in [6, 6.07) is 0. The van der Waals surface area contributed by atoms with Gasteiger partial charge in [0.1, 0.15) is 146 Å². The van der Waals surface area contributed by atoms with Gasteiger partial charge in [-0.25, -0.2) is 0 Å². The maximum atomic E-state index is 11.5. The lowest BCUT2D eigenvalue weighted by Gasteiger charge is -2.50. The van der Waals surface area contributed by atoms with Crippen molar-refractivity contribution in [3.63, 3.8) is 0 Å². The highest BCUT2D eigenvalue weighted by Crippen LogP contribution is 2.37. The van der Waals surface area contributed by atoms with E-state index in [1.807, 2.05) is 0 Å². The third-order valence-corrected chi connectivity index (χ3v) is 12.4. The highest BCUT2D eigenvalue weighted by molar-refractivity contribution is 4.99. The Hall–Kier alpha value is -1.24. The van der Waals surface area contributed by atoms with Crippen LogP contribution in [0.25, 0.3) is 0 Å². The Kier molecular flexibility index (Phi) is 19.4. The predicted molar refractivity (Wildman–Crippen MR) is 199 cm³/mol. The van der Waals surface area contributed by atoms with Crippen molar-refractivity contribution in [1.82, 2.24) is 0 Å². The van der Waals surface area contributed by atoms with E-state index >= 15 is 0 Å². The maximum absolute atomic E-state index is 11.5. The fourth-order valence-corrected chi connectivity index (χ4v) is 8.35. The standard InChI is InChI=1S/C36H62O31/c37-1-7-13(43)19(49)25(55)31(57-7)63-27-21(51)15(45)9(3-39)59-33(27)64-28-22(52)16(46)10(4-40)60-34(28)65-29-23(53)17(47)11(5-41)61-35(29)66-30-24(54)18(48)12(6-42)62-36(30)67-32-26(56)20(50)14(44)8(2-38)58-32/h7-56H,1-6H2/t7-,8-,9-,10-,11-,12-,13-,14-,15-,16-,17-,18-,19+,20+,21+,22+,23+,24+,25-,26-,27-,28-,29-,30-,31-,32-,33-,34-,35-,36-/m1/s1. The lowest BCUT2D eigenvalue weighted by Crippen LogP contribution is -2.69. The molecule has 31 heteroatoms. The van der Waals surface area contributed by atoms with E-state index in [1.165, 1.54) is 0 Å². The van der Waals surface area contributed by atoms with Crippen molar-refractivity contribution in [3.8, 4) is 0 Å². The Labute approximate surface area is 378 Å². The molecule has 6 saturated heterocycles. The van der Waals surface area contributed by atoms with Crippen LogP contribution in [-0.2, 0) is 52.1 Å². The molecule has 0 bridgehead atoms. The molecule has 0 aromatic heterocycles. The molecule has 0 radical (unpaired) electrons. The molecular weight excluding hydrogens is 928 g/mol. The summed E-state index contributed by atoms with van der Waals surface area (Å²) in [4.78, 5) is 0. The van der Waals surface area contributed by atoms with Crippen molar-refractivity contribution in [1.29, 1.82) is 0 Å². The number of hydrogen-bond donors (Lipinski definition) is 20. The van der Waals surface area contributed by atoms with E-state index in [0.29, 0.717) is 0 Å². The molecule has 6 heterocycles. The Morgan fingerprint density at radius 3 is 0.627 bits per heavy atom. The van der Waals surface area contributed by atoms with E-state index in [9.17, 15) is 102 Å². The smallest absolute Gasteiger partial charge is 0.190 e. The molecule has 6 fully saturated rings. The first-order chi connectivity index (χ1) is 31.8. The number of hydrogen-bond acceptors (Lipinski definition) is 31. The Balaban J connectivity index is 1.31. The summed E-state index contributed by atoms with van der Waals surface area (Å²) >= 11 is 0. The normalized spacial score (nSPS) is 53.4. The van der Waals surface area contributed by atoms with Crippen molar-refractivity contribution < 1.29 is 154 Å². The van der Waals surface area contributed by atoms with Crippen molar-refractivity contribution >= 4 is 0 Å². The average Bonchev–Trinajstić information content (AvgIpc) is 3.32. The Bertz CT molecular complexity index is 1510. The van der Waals surface area contributed by atoms with Gasteiger partial charge in [-0.3, -0.25) is 0 Å². The zero-order valence-corrected chi connectivity index (χ0v) is 35.0. The molecule has 0 saturated carbocycles. The van der Waals surface area contributed by atoms with Crippen LogP contribution >= 0.6 is 0 Å². The highest BCUT2D eigenvalue weighted by atomic mass is 16.8. The lowest BCUT2D eigenvalue weighted by molar-refractivity contribution is -0.420. The second kappa shape index (κ2) is 23.5. The second-order valence-corrected chi connectivity index (χ2v) is 16.8. The van der Waals surface area contributed by atoms with Crippen LogP contribution in [0, 0.1) is 0 Å². The summed E-state index contributed by atoms with van der Waals surface area (Å²) < 4.78 is 62.5. The molecule has 0 spiro atoms. The van der Waals surface area contributed by atoms with Crippen LogP contribution in [0.4, 0.5) is 0 Å². The van der Waals surface area contributed by atoms with Gasteiger partial charge in [0.15, 0.2) is 37.7 Å². The molecule has 31 nitrogen and oxygen atoms in total. The van der Waals surface area contributed by atoms with Gasteiger partial charge in [0.05, 0.1) is 39.6 Å². The van der Waals surface area contributed by atoms with Crippen molar-refractivity contribution in [2.45, 2.75) is 184 Å². The SMILES string of the molecule is OC[C@H]1O[C@H](O[C@H]2O[C@H](CO)[C@@H](O)[C@H](O)[C@H]2O[C@H]2O[C@H](CO)[C@@H](O)[C@H](O)[C@H]2O[C@H]2O[C@H](CO)[C@@H](O)[C@H](O)[C@H]2O[C@H]2O[C@H](CO)[C@@H](O)[C@H](O)[C@H]2O[C@H]2O[C@H](CO)[C@@H](O)[C@H](O)[C@H]2O)[C@H](O)[C@@H](O)[C@@H]1O. The molecular formula is C36H62O31. The van der Waals surface area contributed by atoms with Gasteiger partial charge in [0.25, 0.3) is 0 Å². The first-order valence-electron chi connectivity index (χ1n) is 21.1. The summed E-state index contributed by atoms with van der Waals surface area (Å²) in [5, 5.41) is 211. The first kappa shape index (κ1) is 55.1. The number of rotatable bonds is 16. The largest absolute Gasteiger partial charge is 0.394 e. The van der Waals surface area contributed by atoms with Gasteiger partial charge in [0.2, 0.25) is 0 Å². The third-order valence-electron chi connectivity index (χ3n) is 12.4. The minimum Gasteiger partial charge on any atom is -0.394 e. The molecule has 30 atom stereocenters. The van der Waals surface area contributed by atoms with Crippen LogP contribution < -0.4 is 0 Å². The molecule has 67 heavy (non-hydrogen) atoms. The second-order valence-electron chi connectivity index (χ2n) is 16.8. The Morgan fingerprint density at radius 2 is 0.388 bits per heavy atom. The molecule has 0 aromatic carbocycles. The quantitative estimate of drug-likeness (QED) is 0.0683. The van der Waals surface area contributed by atoms with Crippen molar-refractivity contribution in [2.75, 3.05) is 39.6 Å². The summed E-state index contributed by atoms with van der Waals surface area (Å²) in [7, 11) is 0. The minimum atomic E-state index is -2.25. The van der Waals surface area contributed by atoms with Crippen LogP contribution in [0.3, 0.4) is 0 Å². The molecule has 392 valence electrons. The third kappa shape index (κ3) is 11.2. The number of aliphatic hydroxyl groups is 20. The monoisotopic (exact) mass is 990 g/mol. The fraction of sp³-hybridized carbons (Fsp3) is 1.00. The van der Waals surface area contributed by atoms with Gasteiger partial charge in [-0.2, -0.15) is 0 Å². The van der Waals surface area contributed by atoms with E-state index in [1.54, 1.807) is 0 Å². The molecule has 0 unspecified atom stereocenters. The zero-order chi connectivity index (χ0) is 49.3. The Morgan fingerprint density at radius 1 is 0.209 bits per heavy atom. The van der Waals surface area contributed by atoms with E-state index in [0.717, 1.165) is 0 Å². The molecule has 0 amide bonds. The molecule has 6 rings (SSSR count). The van der Waals surface area contributed by atoms with Gasteiger partial charge in [-0.1, -0.05) is 0 Å². The minimum absolute atomic E-state index is 0.908. The molecule has 20 N–H and O–H groups in total. The van der Waals surface area contributed by atoms with Crippen LogP contribution in [-0.4, -0.2) is 326 Å². The summed E-state index contributed by atoms with van der Waals surface area (Å²) in [5.41, 5.74) is 0. The topological polar surface area (TPSA) is 506 Å². The number of aliphatic hydroxyl groups excluding tert-OH is 20. The number of ether oxygens (including phenoxy) is 11. The lowest BCUT2D eigenvalue weighted by atomic mass is 9.95. The van der Waals surface area contributed by atoms with Gasteiger partial charge in [0, 0.05) is 0 Å². The van der Waals surface area contributed by atoms with Crippen LogP contribution in [0.2, 0.25) is 0 Å². The van der Waals surface area contributed by atoms with Gasteiger partial charge < -0.3 is 154 Å². The highest BCUT2D eigenvalue weighted by Gasteiger charge is 2.58. The summed E-state index contributed by atoms with van der Waals surface area (Å²) in [6.45, 7) is -5.89. The molecule has 0 aliphatic carbocycles. The first-order valence-corrected chi connectivity index (χ1v) is 21.1. The fourth-order valence-electron chi connectivity index (χ4n) is 8.35. The van der Waals surface area contributed by atoms with E-state index in [2.05, 4.69) is 0 Å². The molecule has 6 aliphatic heterocycles. The van der Waals surface area contributed by atoms with Crippen molar-refractivity contribution in [2.24, 2.45) is 0 Å². The average molecular weight is 991 g/mol. The van der Waals surface area contributed by atoms with E-state index < -0.39 is 224 Å². The van der Waals surface area contributed by atoms with E-state index in [4.69, 9.17) is 52.1 Å². The van der Waals surface area contributed by atoms with E-state index in [-0.39, 0.29) is 0 Å². The molecule has 0 aromatic rings. The van der Waals surface area contributed by atoms with Crippen LogP contribution in [0.15, 0.2) is 0 Å². The zero-order valence-electron chi connectivity index (χ0n) is 35.0. The molecule has 6 aliphatic rings. The van der Waals surface area contributed by atoms with Crippen LogP contribution in [0.5, 0.6) is 0 Å². The van der Waals surface area contributed by atoms with Gasteiger partial charge >= 0.3 is 0 Å². The van der Waals surface area contributed by atoms with Gasteiger partial charge in [-0.05, 0) is 0 Å². The predicted octanol–water partition coefficient (Wildman–Crippen LogP) is -14.1. The van der Waals surface area contributed by atoms with Crippen molar-refractivity contribution in [3.05, 3.63) is 0 Å². The summed E-state index contributed by atoms with van der Waals surface area (Å²) in [5.74, 6) is 0.